The summed E-state index contributed by atoms with van der Waals surface area (Å²) < 4.78 is 5.91. The zero-order chi connectivity index (χ0) is 13.0. The van der Waals surface area contributed by atoms with E-state index in [0.29, 0.717) is 5.89 Å². The first-order valence-corrected chi connectivity index (χ1v) is 7.32. The van der Waals surface area contributed by atoms with Gasteiger partial charge in [-0.3, -0.25) is 0 Å². The number of aryl methyl sites for hydroxylation is 2. The summed E-state index contributed by atoms with van der Waals surface area (Å²) in [6, 6.07) is 6.01. The predicted molar refractivity (Wildman–Crippen MR) is 78.5 cm³/mol. The second-order valence-electron chi connectivity index (χ2n) is 5.04. The Morgan fingerprint density at radius 2 is 2.21 bits per heavy atom. The molecule has 0 aliphatic heterocycles. The van der Waals surface area contributed by atoms with Gasteiger partial charge in [-0.2, -0.15) is 0 Å². The lowest BCUT2D eigenvalue weighted by molar-refractivity contribution is 0.619. The number of aromatic nitrogens is 1. The first kappa shape index (κ1) is 11.1. The van der Waals surface area contributed by atoms with E-state index in [2.05, 4.69) is 18.0 Å². The number of rotatable bonds is 1. The van der Waals surface area contributed by atoms with Crippen molar-refractivity contribution in [1.82, 2.24) is 4.98 Å². The van der Waals surface area contributed by atoms with Crippen molar-refractivity contribution in [3.63, 3.8) is 0 Å². The fourth-order valence-electron chi connectivity index (χ4n) is 2.85. The summed E-state index contributed by atoms with van der Waals surface area (Å²) >= 11 is 1.69. The number of nitrogen functional groups attached to an aromatic ring is 1. The topological polar surface area (TPSA) is 52.0 Å². The minimum atomic E-state index is 0.682. The number of nitrogens with two attached hydrogens (primary N) is 1. The fraction of sp³-hybridized carbons (Fsp3) is 0.267. The van der Waals surface area contributed by atoms with Crippen LogP contribution < -0.4 is 5.73 Å². The Morgan fingerprint density at radius 1 is 1.32 bits per heavy atom. The largest absolute Gasteiger partial charge is 0.436 e. The minimum Gasteiger partial charge on any atom is -0.436 e. The van der Waals surface area contributed by atoms with Gasteiger partial charge in [0.15, 0.2) is 5.58 Å². The van der Waals surface area contributed by atoms with E-state index in [0.717, 1.165) is 40.1 Å². The second-order valence-corrected chi connectivity index (χ2v) is 6.17. The maximum atomic E-state index is 6.16. The van der Waals surface area contributed by atoms with Crippen LogP contribution in [0.1, 0.15) is 22.4 Å². The molecule has 96 valence electrons. The smallest absolute Gasteiger partial charge is 0.230 e. The molecule has 0 atom stereocenters. The van der Waals surface area contributed by atoms with Gasteiger partial charge in [0.25, 0.3) is 0 Å². The Balaban J connectivity index is 1.98. The van der Waals surface area contributed by atoms with Gasteiger partial charge in [0.05, 0.1) is 10.6 Å². The molecule has 19 heavy (non-hydrogen) atoms. The van der Waals surface area contributed by atoms with Crippen LogP contribution in [-0.2, 0) is 12.8 Å². The van der Waals surface area contributed by atoms with Crippen molar-refractivity contribution in [2.45, 2.75) is 26.2 Å². The van der Waals surface area contributed by atoms with E-state index >= 15 is 0 Å². The Morgan fingerprint density at radius 3 is 3.05 bits per heavy atom. The highest BCUT2D eigenvalue weighted by Crippen LogP contribution is 2.43. The standard InChI is InChI=1S/C15H14N2OS/c1-8-4-2-6-10-13(8)17-15(18-10)12-9-5-3-7-11(9)19-14(12)16/h2,4,6H,3,5,7,16H2,1H3. The average molecular weight is 270 g/mol. The molecule has 4 heteroatoms. The summed E-state index contributed by atoms with van der Waals surface area (Å²) in [4.78, 5) is 6.06. The van der Waals surface area contributed by atoms with Gasteiger partial charge in [0.2, 0.25) is 5.89 Å². The van der Waals surface area contributed by atoms with Gasteiger partial charge in [-0.05, 0) is 43.4 Å². The van der Waals surface area contributed by atoms with E-state index in [1.807, 2.05) is 12.1 Å². The molecule has 0 spiro atoms. The number of para-hydroxylation sites is 1. The van der Waals surface area contributed by atoms with Crippen LogP contribution in [-0.4, -0.2) is 4.98 Å². The zero-order valence-electron chi connectivity index (χ0n) is 10.7. The van der Waals surface area contributed by atoms with E-state index in [1.165, 1.54) is 16.9 Å². The molecule has 3 nitrogen and oxygen atoms in total. The first-order valence-electron chi connectivity index (χ1n) is 6.50. The van der Waals surface area contributed by atoms with E-state index < -0.39 is 0 Å². The van der Waals surface area contributed by atoms with Crippen LogP contribution >= 0.6 is 11.3 Å². The molecule has 0 saturated heterocycles. The van der Waals surface area contributed by atoms with E-state index in [4.69, 9.17) is 10.2 Å². The number of hydrogen-bond donors (Lipinski definition) is 1. The van der Waals surface area contributed by atoms with Gasteiger partial charge in [-0.25, -0.2) is 4.98 Å². The Labute approximate surface area is 115 Å². The summed E-state index contributed by atoms with van der Waals surface area (Å²) in [5, 5.41) is 0.842. The molecule has 2 N–H and O–H groups in total. The van der Waals surface area contributed by atoms with Crippen molar-refractivity contribution in [3.05, 3.63) is 34.2 Å². The molecule has 2 heterocycles. The van der Waals surface area contributed by atoms with Crippen LogP contribution in [0, 0.1) is 6.92 Å². The molecule has 4 rings (SSSR count). The maximum absolute atomic E-state index is 6.16. The number of hydrogen-bond acceptors (Lipinski definition) is 4. The molecule has 3 aromatic rings. The molecule has 0 radical (unpaired) electrons. The van der Waals surface area contributed by atoms with Crippen molar-refractivity contribution in [3.8, 4) is 11.5 Å². The van der Waals surface area contributed by atoms with Gasteiger partial charge >= 0.3 is 0 Å². The lowest BCUT2D eigenvalue weighted by atomic mass is 10.1. The highest BCUT2D eigenvalue weighted by Gasteiger charge is 2.25. The molecular formula is C15H14N2OS. The van der Waals surface area contributed by atoms with Crippen LogP contribution in [0.4, 0.5) is 5.00 Å². The van der Waals surface area contributed by atoms with Crippen LogP contribution in [0.15, 0.2) is 22.6 Å². The minimum absolute atomic E-state index is 0.682. The third kappa shape index (κ3) is 1.53. The predicted octanol–water partition coefficient (Wildman–Crippen LogP) is 3.94. The maximum Gasteiger partial charge on any atom is 0.230 e. The molecule has 0 bridgehead atoms. The Kier molecular flexibility index (Phi) is 2.23. The molecule has 1 aliphatic rings. The van der Waals surface area contributed by atoms with Crippen molar-refractivity contribution >= 4 is 27.4 Å². The molecule has 0 amide bonds. The average Bonchev–Trinajstić information content (AvgIpc) is 3.02. The van der Waals surface area contributed by atoms with E-state index in [-0.39, 0.29) is 0 Å². The number of benzene rings is 1. The number of thiophene rings is 1. The first-order chi connectivity index (χ1) is 9.24. The summed E-state index contributed by atoms with van der Waals surface area (Å²) in [6.07, 6.45) is 3.45. The summed E-state index contributed by atoms with van der Waals surface area (Å²) in [5.74, 6) is 0.682. The number of oxazole rings is 1. The summed E-state index contributed by atoms with van der Waals surface area (Å²) in [6.45, 7) is 2.05. The summed E-state index contributed by atoms with van der Waals surface area (Å²) in [7, 11) is 0. The highest BCUT2D eigenvalue weighted by molar-refractivity contribution is 7.16. The highest BCUT2D eigenvalue weighted by atomic mass is 32.1. The third-order valence-electron chi connectivity index (χ3n) is 3.78. The number of fused-ring (bicyclic) bond motifs is 2. The Bertz CT molecular complexity index is 785. The van der Waals surface area contributed by atoms with Crippen LogP contribution in [0.5, 0.6) is 0 Å². The van der Waals surface area contributed by atoms with Crippen molar-refractivity contribution < 1.29 is 4.42 Å². The van der Waals surface area contributed by atoms with Crippen LogP contribution in [0.2, 0.25) is 0 Å². The molecule has 1 aliphatic carbocycles. The normalized spacial score (nSPS) is 14.2. The molecular weight excluding hydrogens is 256 g/mol. The lowest BCUT2D eigenvalue weighted by Gasteiger charge is -1.97. The van der Waals surface area contributed by atoms with Crippen molar-refractivity contribution in [2.75, 3.05) is 5.73 Å². The van der Waals surface area contributed by atoms with Gasteiger partial charge in [-0.15, -0.1) is 11.3 Å². The SMILES string of the molecule is Cc1cccc2oc(-c3c(N)sc4c3CCC4)nc12. The quantitative estimate of drug-likeness (QED) is 0.728. The van der Waals surface area contributed by atoms with Crippen molar-refractivity contribution in [1.29, 1.82) is 0 Å². The molecule has 2 aromatic heterocycles. The van der Waals surface area contributed by atoms with E-state index in [1.54, 1.807) is 11.3 Å². The molecule has 0 fully saturated rings. The van der Waals surface area contributed by atoms with Gasteiger partial charge < -0.3 is 10.2 Å². The van der Waals surface area contributed by atoms with Crippen LogP contribution in [0.3, 0.4) is 0 Å². The molecule has 0 saturated carbocycles. The number of anilines is 1. The van der Waals surface area contributed by atoms with Gasteiger partial charge in [0.1, 0.15) is 5.52 Å². The summed E-state index contributed by atoms with van der Waals surface area (Å²) in [5.41, 5.74) is 11.5. The zero-order valence-corrected chi connectivity index (χ0v) is 11.5. The molecule has 0 unspecified atom stereocenters. The lowest BCUT2D eigenvalue weighted by Crippen LogP contribution is -1.88. The van der Waals surface area contributed by atoms with Gasteiger partial charge in [-0.1, -0.05) is 12.1 Å². The fourth-order valence-corrected chi connectivity index (χ4v) is 4.00. The monoisotopic (exact) mass is 270 g/mol. The Hall–Kier alpha value is -1.81. The van der Waals surface area contributed by atoms with Gasteiger partial charge in [0, 0.05) is 4.88 Å². The van der Waals surface area contributed by atoms with Crippen LogP contribution in [0.25, 0.3) is 22.6 Å². The second kappa shape index (κ2) is 3.84. The molecule has 1 aromatic carbocycles. The van der Waals surface area contributed by atoms with Crippen molar-refractivity contribution in [2.24, 2.45) is 0 Å². The third-order valence-corrected chi connectivity index (χ3v) is 4.90. The van der Waals surface area contributed by atoms with E-state index in [9.17, 15) is 0 Å². The number of nitrogens with zero attached hydrogens (tertiary/aromatic N) is 1.